The van der Waals surface area contributed by atoms with Gasteiger partial charge in [0.1, 0.15) is 17.5 Å². The van der Waals surface area contributed by atoms with Gasteiger partial charge >= 0.3 is 0 Å². The number of thiazole rings is 1. The Morgan fingerprint density at radius 1 is 0.354 bits per heavy atom. The minimum atomic E-state index is -0.840. The predicted octanol–water partition coefficient (Wildman–Crippen LogP) is 21.1. The number of rotatable bonds is 20. The summed E-state index contributed by atoms with van der Waals surface area (Å²) in [5.74, 6) is -2.10. The summed E-state index contributed by atoms with van der Waals surface area (Å²) in [6.45, 7) is 21.3. The van der Waals surface area contributed by atoms with Crippen LogP contribution in [0.15, 0.2) is 271 Å². The molecule has 0 atom stereocenters. The van der Waals surface area contributed by atoms with Crippen molar-refractivity contribution in [2.75, 3.05) is 117 Å². The first-order valence-corrected chi connectivity index (χ1v) is 49.2. The Bertz CT molecular complexity index is 7310. The van der Waals surface area contributed by atoms with E-state index in [0.717, 1.165) is 130 Å². The molecular weight excluding hydrogens is 1960 g/mol. The van der Waals surface area contributed by atoms with Gasteiger partial charge in [-0.05, 0) is 244 Å². The Kier molecular flexibility index (Phi) is 34.0. The maximum atomic E-state index is 14.2. The van der Waals surface area contributed by atoms with Gasteiger partial charge < -0.3 is 51.1 Å². The molecule has 5 amide bonds. The van der Waals surface area contributed by atoms with E-state index in [9.17, 15) is 45.9 Å². The Balaban J connectivity index is 0.000000131. The summed E-state index contributed by atoms with van der Waals surface area (Å²) < 4.78 is 69.1. The number of amides is 5. The van der Waals surface area contributed by atoms with Crippen molar-refractivity contribution in [2.24, 2.45) is 7.05 Å². The Morgan fingerprint density at radius 3 is 1.28 bits per heavy atom. The van der Waals surface area contributed by atoms with E-state index in [1.54, 1.807) is 123 Å². The lowest BCUT2D eigenvalue weighted by atomic mass is 9.95. The molecule has 0 spiro atoms. The number of thiophene rings is 1. The second-order valence-corrected chi connectivity index (χ2v) is 37.4. The normalized spacial score (nSPS) is 14.2. The topological polar surface area (TPSA) is 360 Å². The highest BCUT2D eigenvalue weighted by atomic mass is 35.5. The molecule has 10 aromatic heterocycles. The van der Waals surface area contributed by atoms with E-state index in [-0.39, 0.29) is 40.7 Å². The minimum absolute atomic E-state index is 0.0227. The van der Waals surface area contributed by atoms with Gasteiger partial charge in [-0.3, -0.25) is 43.9 Å². The van der Waals surface area contributed by atoms with Crippen molar-refractivity contribution in [3.63, 3.8) is 0 Å². The van der Waals surface area contributed by atoms with Crippen LogP contribution in [0.3, 0.4) is 0 Å². The monoisotopic (exact) mass is 2060 g/mol. The van der Waals surface area contributed by atoms with Crippen LogP contribution in [0.1, 0.15) is 157 Å². The first-order chi connectivity index (χ1) is 71.1. The van der Waals surface area contributed by atoms with E-state index in [4.69, 9.17) is 23.2 Å². The van der Waals surface area contributed by atoms with Gasteiger partial charge in [0.05, 0.1) is 93.5 Å². The van der Waals surface area contributed by atoms with Crippen molar-refractivity contribution in [2.45, 2.75) is 80.6 Å². The van der Waals surface area contributed by atoms with Crippen LogP contribution in [-0.4, -0.2) is 175 Å². The number of aromatic nitrogens is 16. The third kappa shape index (κ3) is 26.2. The molecule has 748 valence electrons. The van der Waals surface area contributed by atoms with Crippen molar-refractivity contribution in [1.82, 2.24) is 80.0 Å². The number of pyridine rings is 3. The van der Waals surface area contributed by atoms with Gasteiger partial charge in [0, 0.05) is 126 Å². The average Bonchev–Trinajstić information content (AvgIpc) is 1.79. The number of anilines is 10. The van der Waals surface area contributed by atoms with Crippen LogP contribution in [0.4, 0.5) is 79.3 Å². The molecule has 15 heterocycles. The highest BCUT2D eigenvalue weighted by Crippen LogP contribution is 2.38. The molecule has 0 fully saturated rings. The zero-order valence-electron chi connectivity index (χ0n) is 81.1. The Hall–Kier alpha value is -16.5. The van der Waals surface area contributed by atoms with E-state index in [1.165, 1.54) is 104 Å². The lowest BCUT2D eigenvalue weighted by Crippen LogP contribution is -2.32. The number of nitrogens with one attached hydrogen (secondary N) is 5. The zero-order chi connectivity index (χ0) is 103. The number of carbonyl (C=O) groups excluding carboxylic acids is 5. The molecule has 5 N–H and O–H groups in total. The highest BCUT2D eigenvalue weighted by Gasteiger charge is 2.30. The fourth-order valence-electron chi connectivity index (χ4n) is 16.6. The number of carbonyl (C=O) groups is 5. The van der Waals surface area contributed by atoms with E-state index < -0.39 is 40.6 Å². The summed E-state index contributed by atoms with van der Waals surface area (Å²) in [4.78, 5) is 126. The fraction of sp³-hybridized carbons (Fsp3) is 0.215. The molecule has 0 saturated heterocycles. The van der Waals surface area contributed by atoms with Crippen LogP contribution in [0, 0.1) is 42.9 Å². The molecule has 5 aromatic carbocycles. The predicted molar refractivity (Wildman–Crippen MR) is 564 cm³/mol. The van der Waals surface area contributed by atoms with Crippen molar-refractivity contribution in [3.8, 4) is 0 Å². The summed E-state index contributed by atoms with van der Waals surface area (Å²) >= 11 is 15.4. The lowest BCUT2D eigenvalue weighted by Gasteiger charge is -2.30. The molecule has 20 rings (SSSR count). The first-order valence-electron chi connectivity index (χ1n) is 46.7. The second kappa shape index (κ2) is 48.3. The molecule has 31 nitrogen and oxygen atoms in total. The molecule has 15 aromatic rings. The molecule has 5 aliphatic heterocycles. The van der Waals surface area contributed by atoms with Gasteiger partial charge in [0.2, 0.25) is 0 Å². The van der Waals surface area contributed by atoms with Gasteiger partial charge in [-0.15, -0.1) is 27.8 Å². The molecule has 0 bridgehead atoms. The minimum Gasteiger partial charge on any atom is -0.349 e. The molecule has 0 saturated carbocycles. The number of hydrogen-bond acceptors (Lipinski definition) is 27. The Morgan fingerprint density at radius 2 is 0.803 bits per heavy atom. The second-order valence-electron chi connectivity index (χ2n) is 34.8. The first kappa shape index (κ1) is 103. The van der Waals surface area contributed by atoms with Gasteiger partial charge in [0.15, 0.2) is 56.8 Å². The molecule has 5 aliphatic rings. The highest BCUT2D eigenvalue weighted by molar-refractivity contribution is 7.13. The van der Waals surface area contributed by atoms with E-state index in [2.05, 4.69) is 149 Å². The van der Waals surface area contributed by atoms with Gasteiger partial charge in [-0.2, -0.15) is 4.80 Å². The van der Waals surface area contributed by atoms with Crippen LogP contribution in [0.2, 0.25) is 10.2 Å². The standard InChI is InChI=1S/C22H18F3N5O.C22H21FN6O.C21H18Cl2N6O.C21H21FN6O.C21H21N3OS2/c1-13-6-8-30(21-18(25)3-2-7-26-21)12-16(13)19-10-28-20(11-27-19)29-22(31)15-9-14(23)4-5-17(15)24;1-14-5-8-24-10-16(14)22(30)28-20-12-26-19(11-27-20)17-13-29(9-6-15(17)2)21-18(23)4-3-7-25-21;1-13-6-9-29(20-19(23)24-7-8-25-20)12-15(13)17-10-27-18(11-26-17)28-21(30)14-4-2-3-5-16(14)22;1-14-11-12-28(21-24-26-27(2)25-21)13-18(14)15-7-9-16(10-8-15)23-20(29)17-5-3-4-6-19(17)22;1-14-7-10-24(21-22-9-12-27-21)13-18(14)16-3-5-17(6-4-16)23-20(25)19-15(2)8-11-26-19/h2-5,7,9-11H,6,8,12H2,1H3,(H,28,29,31);3-5,7-8,10-12H,6,9,13H2,1-2H3,(H,27,28,30);2-5,7-8,10-11H,6,9,12H2,1H3,(H,27,28,30);3-10H,11-13H2,1-2H3,(H,23,29);3-6,8-9,11-12H,7,10,13H2,1-2H3,(H,23,25). The number of benzene rings is 5. The van der Waals surface area contributed by atoms with Crippen LogP contribution < -0.4 is 51.1 Å². The molecule has 0 radical (unpaired) electrons. The molecule has 147 heavy (non-hydrogen) atoms. The number of tetrazole rings is 1. The average molecular weight is 2060 g/mol. The van der Waals surface area contributed by atoms with Crippen LogP contribution in [0.5, 0.6) is 0 Å². The van der Waals surface area contributed by atoms with Crippen molar-refractivity contribution in [3.05, 3.63) is 377 Å². The maximum Gasteiger partial charge on any atom is 0.266 e. The van der Waals surface area contributed by atoms with Crippen molar-refractivity contribution < 1.29 is 45.9 Å². The number of halogens is 7. The van der Waals surface area contributed by atoms with Crippen molar-refractivity contribution >= 4 is 161 Å². The van der Waals surface area contributed by atoms with Crippen LogP contribution in [0.25, 0.3) is 27.9 Å². The van der Waals surface area contributed by atoms with Gasteiger partial charge in [0.25, 0.3) is 35.5 Å². The molecule has 0 unspecified atom stereocenters. The number of nitrogens with zero attached hydrogens (tertiary/aromatic N) is 21. The molecular formula is C107H99Cl2F5N26O5S2. The van der Waals surface area contributed by atoms with Crippen molar-refractivity contribution in [1.29, 1.82) is 0 Å². The summed E-state index contributed by atoms with van der Waals surface area (Å²) in [6, 6.07) is 40.8. The van der Waals surface area contributed by atoms with Gasteiger partial charge in [-0.25, -0.2) is 61.8 Å². The summed E-state index contributed by atoms with van der Waals surface area (Å²) in [6.07, 6.45) is 24.8. The fourth-order valence-corrected chi connectivity index (χ4v) is 18.6. The van der Waals surface area contributed by atoms with Gasteiger partial charge in [-0.1, -0.05) is 105 Å². The Labute approximate surface area is 861 Å². The SMILES string of the molecule is CC1=C(c2ccc(NC(=O)c3ccccc3F)cc2)CN(c2nnn(C)n2)CC1.CC1=C(c2ccc(NC(=O)c3sccc3C)cc2)CN(c2nccs2)CC1.CC1=C(c2cnc(NC(=O)c3cc(F)ccc3F)cn2)CN(c2ncccc2F)CC1.CC1=C(c2cnc(NC(=O)c3ccccc3Cl)cn2)CN(c2nccnc2Cl)CC1.CC1=C(c2cnc(NC(=O)c3cnccc3C)cn2)CN(c2ncccc2F)CC1. The van der Waals surface area contributed by atoms with E-state index >= 15 is 0 Å². The summed E-state index contributed by atoms with van der Waals surface area (Å²) in [5.41, 5.74) is 19.8. The summed E-state index contributed by atoms with van der Waals surface area (Å²) in [5, 5.41) is 31.7. The zero-order valence-corrected chi connectivity index (χ0v) is 84.2. The molecule has 0 aliphatic carbocycles. The van der Waals surface area contributed by atoms with E-state index in [0.29, 0.717) is 113 Å². The summed E-state index contributed by atoms with van der Waals surface area (Å²) in [7, 11) is 1.75. The largest absolute Gasteiger partial charge is 0.349 e. The lowest BCUT2D eigenvalue weighted by molar-refractivity contribution is 0.101. The maximum absolute atomic E-state index is 14.2. The van der Waals surface area contributed by atoms with Crippen LogP contribution in [-0.2, 0) is 7.05 Å². The third-order valence-corrected chi connectivity index (χ3v) is 27.4. The molecule has 40 heteroatoms. The number of hydrogen-bond donors (Lipinski definition) is 5. The van der Waals surface area contributed by atoms with E-state index in [1.807, 2.05) is 96.9 Å². The van der Waals surface area contributed by atoms with Crippen LogP contribution >= 0.6 is 45.9 Å². The number of aryl methyl sites for hydroxylation is 3. The quantitative estimate of drug-likeness (QED) is 0.0442. The smallest absolute Gasteiger partial charge is 0.266 e. The third-order valence-electron chi connectivity index (χ3n) is 24.9.